The molecule has 0 spiro atoms. The summed E-state index contributed by atoms with van der Waals surface area (Å²) >= 11 is 0. The highest BCUT2D eigenvalue weighted by molar-refractivity contribution is 5.60. The zero-order valence-electron chi connectivity index (χ0n) is 11.8. The first-order valence-electron chi connectivity index (χ1n) is 6.22. The van der Waals surface area contributed by atoms with Crippen molar-refractivity contribution < 1.29 is 14.2 Å². The summed E-state index contributed by atoms with van der Waals surface area (Å²) in [5, 5.41) is 0. The summed E-state index contributed by atoms with van der Waals surface area (Å²) in [6.07, 6.45) is 3.58. The van der Waals surface area contributed by atoms with E-state index in [1.54, 1.807) is 14.2 Å². The van der Waals surface area contributed by atoms with Crippen LogP contribution in [0.2, 0.25) is 0 Å². The first kappa shape index (κ1) is 14.7. The molecule has 1 aliphatic rings. The lowest BCUT2D eigenvalue weighted by molar-refractivity contribution is -0.180. The van der Waals surface area contributed by atoms with Gasteiger partial charge in [-0.05, 0) is 19.1 Å². The fourth-order valence-electron chi connectivity index (χ4n) is 1.93. The fraction of sp³-hybridized carbons (Fsp3) is 0.467. The molecule has 0 fully saturated rings. The zero-order valence-corrected chi connectivity index (χ0v) is 11.8. The number of hydrogen-bond donors (Lipinski definition) is 0. The maximum absolute atomic E-state index is 5.93. The molecule has 1 aliphatic heterocycles. The van der Waals surface area contributed by atoms with E-state index in [4.69, 9.17) is 14.2 Å². The van der Waals surface area contributed by atoms with Gasteiger partial charge >= 0.3 is 0 Å². The van der Waals surface area contributed by atoms with E-state index < -0.39 is 11.9 Å². The highest BCUT2D eigenvalue weighted by Crippen LogP contribution is 2.33. The van der Waals surface area contributed by atoms with Crippen molar-refractivity contribution in [3.8, 4) is 5.75 Å². The third-order valence-electron chi connectivity index (χ3n) is 2.74. The molecule has 0 aromatic heterocycles. The van der Waals surface area contributed by atoms with Gasteiger partial charge in [0.2, 0.25) is 6.29 Å². The van der Waals surface area contributed by atoms with Crippen molar-refractivity contribution in [3.05, 3.63) is 35.9 Å². The molecule has 1 heterocycles. The molecule has 18 heavy (non-hydrogen) atoms. The van der Waals surface area contributed by atoms with Crippen LogP contribution in [0.15, 0.2) is 30.3 Å². The minimum absolute atomic E-state index is 0.419. The molecule has 100 valence electrons. The van der Waals surface area contributed by atoms with Crippen LogP contribution in [0.3, 0.4) is 0 Å². The Bertz CT molecular complexity index is 396. The number of fused-ring (bicyclic) bond motifs is 1. The first-order chi connectivity index (χ1) is 8.69. The average Bonchev–Trinajstić information content (AvgIpc) is 2.42. The maximum atomic E-state index is 5.93. The van der Waals surface area contributed by atoms with E-state index in [1.807, 2.05) is 57.2 Å². The highest BCUT2D eigenvalue weighted by Gasteiger charge is 2.37. The van der Waals surface area contributed by atoms with Crippen LogP contribution in [0, 0.1) is 0 Å². The quantitative estimate of drug-likeness (QED) is 0.768. The second kappa shape index (κ2) is 6.57. The summed E-state index contributed by atoms with van der Waals surface area (Å²) in [7, 11) is 3.22. The molecular formula is C15H22O3. The topological polar surface area (TPSA) is 27.7 Å². The van der Waals surface area contributed by atoms with Crippen LogP contribution in [0.4, 0.5) is 0 Å². The predicted molar refractivity (Wildman–Crippen MR) is 73.7 cm³/mol. The molecule has 0 saturated carbocycles. The van der Waals surface area contributed by atoms with Crippen LogP contribution < -0.4 is 4.74 Å². The molecule has 1 atom stereocenters. The number of ether oxygens (including phenoxy) is 3. The summed E-state index contributed by atoms with van der Waals surface area (Å²) in [4.78, 5) is 0. The summed E-state index contributed by atoms with van der Waals surface area (Å²) < 4.78 is 16.4. The second-order valence-electron chi connectivity index (χ2n) is 3.96. The molecule has 2 rings (SSSR count). The minimum Gasteiger partial charge on any atom is -0.478 e. The molecule has 0 aliphatic carbocycles. The number of methoxy groups -OCH3 is 2. The number of para-hydroxylation sites is 1. The predicted octanol–water partition coefficient (Wildman–Crippen LogP) is 3.50. The molecule has 1 aromatic carbocycles. The zero-order chi connectivity index (χ0) is 13.6. The Kier molecular flexibility index (Phi) is 5.38. The summed E-state index contributed by atoms with van der Waals surface area (Å²) in [6.45, 7) is 5.94. The Morgan fingerprint density at radius 2 is 1.72 bits per heavy atom. The van der Waals surface area contributed by atoms with E-state index in [0.29, 0.717) is 0 Å². The molecule has 0 N–H and O–H groups in total. The molecular weight excluding hydrogens is 228 g/mol. The Labute approximate surface area is 109 Å². The molecule has 1 unspecified atom stereocenters. The van der Waals surface area contributed by atoms with Gasteiger partial charge in [-0.1, -0.05) is 38.1 Å². The van der Waals surface area contributed by atoms with Crippen molar-refractivity contribution >= 4 is 6.08 Å². The Balaban J connectivity index is 0.000000771. The van der Waals surface area contributed by atoms with Crippen molar-refractivity contribution in [3.63, 3.8) is 0 Å². The van der Waals surface area contributed by atoms with Crippen molar-refractivity contribution in [2.75, 3.05) is 14.2 Å². The summed E-state index contributed by atoms with van der Waals surface area (Å²) in [6, 6.07) is 7.89. The van der Waals surface area contributed by atoms with Gasteiger partial charge in [0, 0.05) is 19.8 Å². The molecule has 0 amide bonds. The lowest BCUT2D eigenvalue weighted by Crippen LogP contribution is -2.46. The van der Waals surface area contributed by atoms with Crippen LogP contribution >= 0.6 is 0 Å². The van der Waals surface area contributed by atoms with Gasteiger partial charge < -0.3 is 14.2 Å². The van der Waals surface area contributed by atoms with Gasteiger partial charge in [-0.2, -0.15) is 0 Å². The van der Waals surface area contributed by atoms with Gasteiger partial charge in [-0.3, -0.25) is 0 Å². The van der Waals surface area contributed by atoms with Crippen LogP contribution in [0.1, 0.15) is 26.3 Å². The SMILES string of the molecule is CC.COC(OC)C1(C)C=Cc2ccccc2O1. The van der Waals surface area contributed by atoms with E-state index in [0.717, 1.165) is 11.3 Å². The van der Waals surface area contributed by atoms with Gasteiger partial charge in [0.15, 0.2) is 5.60 Å². The molecule has 0 bridgehead atoms. The monoisotopic (exact) mass is 250 g/mol. The van der Waals surface area contributed by atoms with Gasteiger partial charge in [0.1, 0.15) is 5.75 Å². The maximum Gasteiger partial charge on any atom is 0.200 e. The van der Waals surface area contributed by atoms with Crippen LogP contribution in [-0.2, 0) is 9.47 Å². The molecule has 0 radical (unpaired) electrons. The largest absolute Gasteiger partial charge is 0.478 e. The van der Waals surface area contributed by atoms with Gasteiger partial charge in [0.05, 0.1) is 0 Å². The lowest BCUT2D eigenvalue weighted by atomic mass is 9.99. The van der Waals surface area contributed by atoms with Crippen molar-refractivity contribution in [2.45, 2.75) is 32.7 Å². The van der Waals surface area contributed by atoms with Gasteiger partial charge in [-0.15, -0.1) is 0 Å². The lowest BCUT2D eigenvalue weighted by Gasteiger charge is -2.36. The smallest absolute Gasteiger partial charge is 0.200 e. The number of rotatable bonds is 3. The molecule has 3 heteroatoms. The van der Waals surface area contributed by atoms with Gasteiger partial charge in [-0.25, -0.2) is 0 Å². The number of benzene rings is 1. The third kappa shape index (κ3) is 2.92. The van der Waals surface area contributed by atoms with Crippen molar-refractivity contribution in [1.82, 2.24) is 0 Å². The Morgan fingerprint density at radius 3 is 2.33 bits per heavy atom. The van der Waals surface area contributed by atoms with E-state index in [2.05, 4.69) is 0 Å². The summed E-state index contributed by atoms with van der Waals surface area (Å²) in [5.74, 6) is 0.853. The fourth-order valence-corrected chi connectivity index (χ4v) is 1.93. The normalized spacial score (nSPS) is 20.8. The third-order valence-corrected chi connectivity index (χ3v) is 2.74. The number of hydrogen-bond acceptors (Lipinski definition) is 3. The summed E-state index contributed by atoms with van der Waals surface area (Å²) in [5.41, 5.74) is 0.489. The van der Waals surface area contributed by atoms with E-state index in [-0.39, 0.29) is 0 Å². The van der Waals surface area contributed by atoms with E-state index >= 15 is 0 Å². The molecule has 0 saturated heterocycles. The van der Waals surface area contributed by atoms with Crippen molar-refractivity contribution in [2.24, 2.45) is 0 Å². The highest BCUT2D eigenvalue weighted by atomic mass is 16.7. The molecule has 3 nitrogen and oxygen atoms in total. The molecule has 1 aromatic rings. The van der Waals surface area contributed by atoms with E-state index in [9.17, 15) is 0 Å². The standard InChI is InChI=1S/C13H16O3.C2H6/c1-13(12(14-2)15-3)9-8-10-6-4-5-7-11(10)16-13;1-2/h4-9,12H,1-3H3;1-2H3. The van der Waals surface area contributed by atoms with Crippen LogP contribution in [-0.4, -0.2) is 26.1 Å². The Hall–Kier alpha value is -1.32. The van der Waals surface area contributed by atoms with Crippen molar-refractivity contribution in [1.29, 1.82) is 0 Å². The Morgan fingerprint density at radius 1 is 1.11 bits per heavy atom. The second-order valence-corrected chi connectivity index (χ2v) is 3.96. The van der Waals surface area contributed by atoms with Gasteiger partial charge in [0.25, 0.3) is 0 Å². The van der Waals surface area contributed by atoms with Crippen LogP contribution in [0.25, 0.3) is 6.08 Å². The average molecular weight is 250 g/mol. The minimum atomic E-state index is -0.585. The first-order valence-corrected chi connectivity index (χ1v) is 6.22. The van der Waals surface area contributed by atoms with Crippen LogP contribution in [0.5, 0.6) is 5.75 Å². The van der Waals surface area contributed by atoms with E-state index in [1.165, 1.54) is 0 Å².